The number of hydrogen-bond donors (Lipinski definition) is 1. The predicted molar refractivity (Wildman–Crippen MR) is 60.7 cm³/mol. The largest absolute Gasteiger partial charge is 0.495 e. The lowest BCUT2D eigenvalue weighted by molar-refractivity contribution is 0.400. The van der Waals surface area contributed by atoms with E-state index in [0.717, 1.165) is 16.8 Å². The van der Waals surface area contributed by atoms with Gasteiger partial charge in [-0.1, -0.05) is 12.1 Å². The van der Waals surface area contributed by atoms with Crippen molar-refractivity contribution in [2.75, 3.05) is 13.7 Å². The maximum Gasteiger partial charge on any atom is 0.137 e. The highest BCUT2D eigenvalue weighted by atomic mass is 79.9. The summed E-state index contributed by atoms with van der Waals surface area (Å²) in [6.45, 7) is 1.11. The summed E-state index contributed by atoms with van der Waals surface area (Å²) < 4.78 is 6.44. The lowest BCUT2D eigenvalue weighted by Crippen LogP contribution is -2.13. The van der Waals surface area contributed by atoms with Gasteiger partial charge in [0.2, 0.25) is 0 Å². The van der Waals surface area contributed by atoms with Crippen LogP contribution in [0.1, 0.15) is 24.4 Å². The van der Waals surface area contributed by atoms with Crippen LogP contribution in [0.4, 0.5) is 0 Å². The molecule has 1 atom stereocenters. The molecule has 1 heterocycles. The predicted octanol–water partition coefficient (Wildman–Crippen LogP) is 2.88. The summed E-state index contributed by atoms with van der Waals surface area (Å²) >= 11 is 3.50. The molecule has 1 aromatic carbocycles. The molecule has 1 N–H and O–H groups in total. The van der Waals surface area contributed by atoms with Crippen LogP contribution < -0.4 is 10.1 Å². The van der Waals surface area contributed by atoms with Crippen molar-refractivity contribution < 1.29 is 4.74 Å². The van der Waals surface area contributed by atoms with Crippen LogP contribution in [0.15, 0.2) is 22.7 Å². The van der Waals surface area contributed by atoms with Gasteiger partial charge in [0, 0.05) is 11.6 Å². The Morgan fingerprint density at radius 1 is 1.50 bits per heavy atom. The molecule has 1 saturated heterocycles. The number of methoxy groups -OCH3 is 1. The van der Waals surface area contributed by atoms with Crippen LogP contribution in [0.25, 0.3) is 0 Å². The third-order valence-corrected chi connectivity index (χ3v) is 3.26. The summed E-state index contributed by atoms with van der Waals surface area (Å²) in [7, 11) is 1.72. The molecule has 0 saturated carbocycles. The molecular formula is C11H14BrNO. The Bertz CT molecular complexity index is 321. The van der Waals surface area contributed by atoms with Gasteiger partial charge in [0.1, 0.15) is 5.75 Å². The number of benzene rings is 1. The van der Waals surface area contributed by atoms with E-state index < -0.39 is 0 Å². The maximum absolute atomic E-state index is 5.40. The van der Waals surface area contributed by atoms with Gasteiger partial charge in [0.25, 0.3) is 0 Å². The second-order valence-corrected chi connectivity index (χ2v) is 4.37. The molecule has 0 spiro atoms. The Kier molecular flexibility index (Phi) is 3.08. The first-order valence-corrected chi connectivity index (χ1v) is 5.68. The molecule has 3 heteroatoms. The molecule has 1 fully saturated rings. The van der Waals surface area contributed by atoms with E-state index in [4.69, 9.17) is 4.74 Å². The van der Waals surface area contributed by atoms with E-state index in [1.165, 1.54) is 18.4 Å². The topological polar surface area (TPSA) is 21.3 Å². The van der Waals surface area contributed by atoms with Crippen molar-refractivity contribution >= 4 is 15.9 Å². The van der Waals surface area contributed by atoms with Crippen molar-refractivity contribution in [3.05, 3.63) is 28.2 Å². The summed E-state index contributed by atoms with van der Waals surface area (Å²) in [5, 5.41) is 3.47. The third-order valence-electron chi connectivity index (χ3n) is 2.64. The lowest BCUT2D eigenvalue weighted by Gasteiger charge is -2.15. The Morgan fingerprint density at radius 2 is 2.36 bits per heavy atom. The van der Waals surface area contributed by atoms with Crippen molar-refractivity contribution in [2.24, 2.45) is 0 Å². The Morgan fingerprint density at radius 3 is 3.00 bits per heavy atom. The van der Waals surface area contributed by atoms with Gasteiger partial charge in [-0.25, -0.2) is 0 Å². The quantitative estimate of drug-likeness (QED) is 0.878. The first-order chi connectivity index (χ1) is 6.83. The van der Waals surface area contributed by atoms with Crippen LogP contribution in [0.5, 0.6) is 5.75 Å². The zero-order valence-electron chi connectivity index (χ0n) is 8.22. The van der Waals surface area contributed by atoms with Crippen molar-refractivity contribution in [2.45, 2.75) is 18.9 Å². The fourth-order valence-corrected chi connectivity index (χ4v) is 2.51. The van der Waals surface area contributed by atoms with E-state index in [1.807, 2.05) is 6.07 Å². The number of nitrogens with one attached hydrogen (secondary N) is 1. The van der Waals surface area contributed by atoms with Crippen molar-refractivity contribution in [3.63, 3.8) is 0 Å². The zero-order valence-corrected chi connectivity index (χ0v) is 9.80. The fourth-order valence-electron chi connectivity index (χ4n) is 1.97. The van der Waals surface area contributed by atoms with E-state index in [9.17, 15) is 0 Å². The van der Waals surface area contributed by atoms with Gasteiger partial charge in [0.05, 0.1) is 11.6 Å². The Labute approximate surface area is 92.8 Å². The molecule has 0 bridgehead atoms. The van der Waals surface area contributed by atoms with Gasteiger partial charge in [0.15, 0.2) is 0 Å². The fraction of sp³-hybridized carbons (Fsp3) is 0.455. The summed E-state index contributed by atoms with van der Waals surface area (Å²) in [6, 6.07) is 6.66. The van der Waals surface area contributed by atoms with Gasteiger partial charge >= 0.3 is 0 Å². The molecule has 1 aromatic rings. The van der Waals surface area contributed by atoms with Crippen LogP contribution in [0.3, 0.4) is 0 Å². The highest BCUT2D eigenvalue weighted by Crippen LogP contribution is 2.35. The maximum atomic E-state index is 5.40. The number of ether oxygens (including phenoxy) is 1. The lowest BCUT2D eigenvalue weighted by atomic mass is 10.0. The van der Waals surface area contributed by atoms with Crippen LogP contribution in [-0.2, 0) is 0 Å². The molecular weight excluding hydrogens is 242 g/mol. The highest BCUT2D eigenvalue weighted by Gasteiger charge is 2.20. The van der Waals surface area contributed by atoms with E-state index in [0.29, 0.717) is 6.04 Å². The second-order valence-electron chi connectivity index (χ2n) is 3.51. The molecule has 0 aliphatic carbocycles. The van der Waals surface area contributed by atoms with Crippen LogP contribution in [0, 0.1) is 0 Å². The van der Waals surface area contributed by atoms with E-state index >= 15 is 0 Å². The summed E-state index contributed by atoms with van der Waals surface area (Å²) in [5.74, 6) is 0.965. The van der Waals surface area contributed by atoms with Crippen molar-refractivity contribution in [1.82, 2.24) is 5.32 Å². The van der Waals surface area contributed by atoms with Gasteiger partial charge < -0.3 is 10.1 Å². The molecule has 0 radical (unpaired) electrons. The van der Waals surface area contributed by atoms with Crippen LogP contribution in [-0.4, -0.2) is 13.7 Å². The molecule has 0 unspecified atom stereocenters. The Balaban J connectivity index is 2.35. The number of para-hydroxylation sites is 1. The summed E-state index contributed by atoms with van der Waals surface area (Å²) in [4.78, 5) is 0. The smallest absolute Gasteiger partial charge is 0.137 e. The van der Waals surface area contributed by atoms with Gasteiger partial charge in [-0.05, 0) is 41.4 Å². The zero-order chi connectivity index (χ0) is 9.97. The third kappa shape index (κ3) is 1.79. The summed E-state index contributed by atoms with van der Waals surface area (Å²) in [6.07, 6.45) is 2.45. The summed E-state index contributed by atoms with van der Waals surface area (Å²) in [5.41, 5.74) is 1.26. The van der Waals surface area contributed by atoms with Gasteiger partial charge in [-0.2, -0.15) is 0 Å². The minimum absolute atomic E-state index is 0.461. The SMILES string of the molecule is COc1c(Br)cccc1[C@@H]1CCCN1. The molecule has 1 aliphatic heterocycles. The molecule has 14 heavy (non-hydrogen) atoms. The monoisotopic (exact) mass is 255 g/mol. The van der Waals surface area contributed by atoms with Crippen molar-refractivity contribution in [3.8, 4) is 5.75 Å². The standard InChI is InChI=1S/C11H14BrNO/c1-14-11-8(4-2-5-9(11)12)10-6-3-7-13-10/h2,4-5,10,13H,3,6-7H2,1H3/t10-/m0/s1. The molecule has 0 amide bonds. The van der Waals surface area contributed by atoms with Crippen LogP contribution in [0.2, 0.25) is 0 Å². The van der Waals surface area contributed by atoms with Crippen LogP contribution >= 0.6 is 15.9 Å². The normalized spacial score (nSPS) is 21.1. The van der Waals surface area contributed by atoms with Crippen molar-refractivity contribution in [1.29, 1.82) is 0 Å². The van der Waals surface area contributed by atoms with E-state index in [-0.39, 0.29) is 0 Å². The number of hydrogen-bond acceptors (Lipinski definition) is 2. The molecule has 0 aromatic heterocycles. The highest BCUT2D eigenvalue weighted by molar-refractivity contribution is 9.10. The second kappa shape index (κ2) is 4.32. The van der Waals surface area contributed by atoms with Gasteiger partial charge in [-0.3, -0.25) is 0 Å². The Hall–Kier alpha value is -0.540. The first-order valence-electron chi connectivity index (χ1n) is 4.88. The molecule has 2 nitrogen and oxygen atoms in total. The van der Waals surface area contributed by atoms with E-state index in [2.05, 4.69) is 33.4 Å². The number of halogens is 1. The minimum atomic E-state index is 0.461. The average Bonchev–Trinajstić information content (AvgIpc) is 2.70. The molecule has 1 aliphatic rings. The molecule has 76 valence electrons. The van der Waals surface area contributed by atoms with Gasteiger partial charge in [-0.15, -0.1) is 0 Å². The first kappa shape index (κ1) is 9.99. The minimum Gasteiger partial charge on any atom is -0.495 e. The molecule has 2 rings (SSSR count). The average molecular weight is 256 g/mol. The number of rotatable bonds is 2. The van der Waals surface area contributed by atoms with E-state index in [1.54, 1.807) is 7.11 Å².